The molecule has 158 valence electrons. The molecule has 4 amide bonds. The molecule has 2 N–H and O–H groups in total. The first-order chi connectivity index (χ1) is 14.3. The van der Waals surface area contributed by atoms with E-state index in [-0.39, 0.29) is 30.5 Å². The van der Waals surface area contributed by atoms with E-state index in [2.05, 4.69) is 15.0 Å². The Hall–Kier alpha value is -3.47. The lowest BCUT2D eigenvalue weighted by atomic mass is 10.1. The number of aromatic nitrogens is 1. The van der Waals surface area contributed by atoms with Gasteiger partial charge in [0.2, 0.25) is 6.41 Å². The number of aromatic hydroxyl groups is 1. The number of phenolic OH excluding ortho intramolecular Hbond substituents is 1. The standard InChI is InChI=1S/C19H20N4O6S/c1-11-7-15(16(26)23(11)19-21-14(9-30-19)17(27)29-2)22(10-24)18(28)20-8-12-3-5-13(25)6-4-12/h3-6,9-11,15,25H,7-8H2,1-2H3,(H,20,28). The second-order valence-corrected chi connectivity index (χ2v) is 7.49. The summed E-state index contributed by atoms with van der Waals surface area (Å²) in [4.78, 5) is 55.0. The van der Waals surface area contributed by atoms with Crippen molar-refractivity contribution in [3.8, 4) is 5.75 Å². The lowest BCUT2D eigenvalue weighted by Gasteiger charge is -2.22. The van der Waals surface area contributed by atoms with E-state index >= 15 is 0 Å². The number of urea groups is 1. The number of ether oxygens (including phenoxy) is 1. The molecule has 1 aromatic heterocycles. The van der Waals surface area contributed by atoms with Gasteiger partial charge < -0.3 is 15.2 Å². The first-order valence-electron chi connectivity index (χ1n) is 9.02. The smallest absolute Gasteiger partial charge is 0.357 e. The molecule has 0 aliphatic carbocycles. The Labute approximate surface area is 176 Å². The van der Waals surface area contributed by atoms with Crippen molar-refractivity contribution in [2.24, 2.45) is 0 Å². The molecule has 0 bridgehead atoms. The molecule has 0 radical (unpaired) electrons. The molecule has 11 heteroatoms. The Balaban J connectivity index is 1.70. The van der Waals surface area contributed by atoms with Crippen LogP contribution >= 0.6 is 11.3 Å². The van der Waals surface area contributed by atoms with Crippen LogP contribution in [0, 0.1) is 0 Å². The van der Waals surface area contributed by atoms with Gasteiger partial charge in [0.25, 0.3) is 5.91 Å². The summed E-state index contributed by atoms with van der Waals surface area (Å²) < 4.78 is 4.62. The van der Waals surface area contributed by atoms with Crippen LogP contribution in [-0.4, -0.2) is 58.5 Å². The lowest BCUT2D eigenvalue weighted by molar-refractivity contribution is -0.126. The maximum absolute atomic E-state index is 12.9. The van der Waals surface area contributed by atoms with E-state index in [1.807, 2.05) is 0 Å². The quantitative estimate of drug-likeness (QED) is 0.523. The van der Waals surface area contributed by atoms with Crippen LogP contribution in [0.4, 0.5) is 9.93 Å². The number of imide groups is 1. The number of carbonyl (C=O) groups excluding carboxylic acids is 4. The Morgan fingerprint density at radius 1 is 1.40 bits per heavy atom. The summed E-state index contributed by atoms with van der Waals surface area (Å²) in [7, 11) is 1.24. The third kappa shape index (κ3) is 4.25. The highest BCUT2D eigenvalue weighted by Crippen LogP contribution is 2.31. The number of nitrogens with zero attached hydrogens (tertiary/aromatic N) is 3. The summed E-state index contributed by atoms with van der Waals surface area (Å²) in [5.41, 5.74) is 0.803. The van der Waals surface area contributed by atoms with Crippen LogP contribution < -0.4 is 10.2 Å². The van der Waals surface area contributed by atoms with Gasteiger partial charge in [-0.25, -0.2) is 14.6 Å². The van der Waals surface area contributed by atoms with Gasteiger partial charge in [-0.05, 0) is 31.0 Å². The fourth-order valence-corrected chi connectivity index (χ4v) is 4.04. The van der Waals surface area contributed by atoms with E-state index in [1.165, 1.54) is 29.5 Å². The first kappa shape index (κ1) is 21.2. The van der Waals surface area contributed by atoms with Crippen molar-refractivity contribution in [1.82, 2.24) is 15.2 Å². The van der Waals surface area contributed by atoms with Gasteiger partial charge in [-0.15, -0.1) is 11.3 Å². The van der Waals surface area contributed by atoms with E-state index in [0.29, 0.717) is 11.5 Å². The molecule has 0 saturated carbocycles. The number of phenols is 1. The van der Waals surface area contributed by atoms with Crippen LogP contribution in [0.15, 0.2) is 29.6 Å². The van der Waals surface area contributed by atoms with Crippen molar-refractivity contribution in [3.05, 3.63) is 40.9 Å². The van der Waals surface area contributed by atoms with Crippen LogP contribution in [0.3, 0.4) is 0 Å². The third-order valence-electron chi connectivity index (χ3n) is 4.68. The summed E-state index contributed by atoms with van der Waals surface area (Å²) in [5.74, 6) is -0.973. The number of methoxy groups -OCH3 is 1. The highest BCUT2D eigenvalue weighted by atomic mass is 32.1. The minimum absolute atomic E-state index is 0.0832. The Morgan fingerprint density at radius 3 is 2.73 bits per heavy atom. The molecule has 1 aliphatic rings. The van der Waals surface area contributed by atoms with E-state index in [9.17, 15) is 24.3 Å². The molecule has 10 nitrogen and oxygen atoms in total. The molecule has 1 fully saturated rings. The molecule has 2 aromatic rings. The molecule has 2 atom stereocenters. The Bertz CT molecular complexity index is 960. The molecule has 1 saturated heterocycles. The van der Waals surface area contributed by atoms with Crippen molar-refractivity contribution in [2.75, 3.05) is 12.0 Å². The number of esters is 1. The highest BCUT2D eigenvalue weighted by Gasteiger charge is 2.44. The summed E-state index contributed by atoms with van der Waals surface area (Å²) in [6.45, 7) is 1.90. The van der Waals surface area contributed by atoms with Gasteiger partial charge in [-0.2, -0.15) is 0 Å². The number of rotatable bonds is 6. The van der Waals surface area contributed by atoms with Crippen molar-refractivity contribution < 1.29 is 29.0 Å². The third-order valence-corrected chi connectivity index (χ3v) is 5.52. The van der Waals surface area contributed by atoms with Gasteiger partial charge in [0.1, 0.15) is 11.8 Å². The number of hydrogen-bond acceptors (Lipinski definition) is 8. The number of nitrogens with one attached hydrogen (secondary N) is 1. The molecule has 2 unspecified atom stereocenters. The van der Waals surface area contributed by atoms with Crippen LogP contribution in [0.2, 0.25) is 0 Å². The van der Waals surface area contributed by atoms with Crippen molar-refractivity contribution in [2.45, 2.75) is 32.0 Å². The van der Waals surface area contributed by atoms with Crippen molar-refractivity contribution in [3.63, 3.8) is 0 Å². The van der Waals surface area contributed by atoms with Gasteiger partial charge in [-0.1, -0.05) is 12.1 Å². The van der Waals surface area contributed by atoms with Gasteiger partial charge in [0, 0.05) is 18.0 Å². The molecule has 1 aliphatic heterocycles. The topological polar surface area (TPSA) is 129 Å². The molecule has 1 aromatic carbocycles. The number of carbonyl (C=O) groups is 4. The molecule has 0 spiro atoms. The SMILES string of the molecule is COC(=O)c1csc(N2C(=O)C(N(C=O)C(=O)NCc3ccc(O)cc3)CC2C)n1. The molecule has 30 heavy (non-hydrogen) atoms. The molecular formula is C19H20N4O6S. The number of thiazole rings is 1. The average Bonchev–Trinajstić information content (AvgIpc) is 3.32. The largest absolute Gasteiger partial charge is 0.508 e. The van der Waals surface area contributed by atoms with Gasteiger partial charge in [0.05, 0.1) is 7.11 Å². The first-order valence-corrected chi connectivity index (χ1v) is 9.90. The zero-order valence-corrected chi connectivity index (χ0v) is 17.1. The summed E-state index contributed by atoms with van der Waals surface area (Å²) in [6.07, 6.45) is 0.560. The van der Waals surface area contributed by atoms with E-state index in [4.69, 9.17) is 0 Å². The van der Waals surface area contributed by atoms with Crippen LogP contribution in [0.1, 0.15) is 29.4 Å². The van der Waals surface area contributed by atoms with Gasteiger partial charge in [-0.3, -0.25) is 19.4 Å². The average molecular weight is 432 g/mol. The fourth-order valence-electron chi connectivity index (χ4n) is 3.14. The number of benzene rings is 1. The number of anilines is 1. The van der Waals surface area contributed by atoms with Gasteiger partial charge >= 0.3 is 12.0 Å². The predicted molar refractivity (Wildman–Crippen MR) is 107 cm³/mol. The maximum atomic E-state index is 12.9. The Kier molecular flexibility index (Phi) is 6.31. The summed E-state index contributed by atoms with van der Waals surface area (Å²) >= 11 is 1.10. The maximum Gasteiger partial charge on any atom is 0.357 e. The Morgan fingerprint density at radius 2 is 2.10 bits per heavy atom. The van der Waals surface area contributed by atoms with Crippen molar-refractivity contribution in [1.29, 1.82) is 0 Å². The molecule has 2 heterocycles. The zero-order valence-electron chi connectivity index (χ0n) is 16.3. The normalized spacial score (nSPS) is 18.2. The summed E-state index contributed by atoms with van der Waals surface area (Å²) in [6, 6.07) is 4.21. The minimum atomic E-state index is -0.984. The van der Waals surface area contributed by atoms with Crippen LogP contribution in [0.25, 0.3) is 0 Å². The highest BCUT2D eigenvalue weighted by molar-refractivity contribution is 7.14. The lowest BCUT2D eigenvalue weighted by Crippen LogP contribution is -2.48. The van der Waals surface area contributed by atoms with Crippen LogP contribution in [0.5, 0.6) is 5.75 Å². The predicted octanol–water partition coefficient (Wildman–Crippen LogP) is 1.50. The number of amides is 4. The fraction of sp³-hybridized carbons (Fsp3) is 0.316. The second-order valence-electron chi connectivity index (χ2n) is 6.65. The monoisotopic (exact) mass is 432 g/mol. The van der Waals surface area contributed by atoms with Crippen LogP contribution in [-0.2, 0) is 20.9 Å². The van der Waals surface area contributed by atoms with Gasteiger partial charge in [0.15, 0.2) is 10.8 Å². The minimum Gasteiger partial charge on any atom is -0.508 e. The second kappa shape index (κ2) is 8.91. The molecule has 3 rings (SSSR count). The van der Waals surface area contributed by atoms with E-state index in [0.717, 1.165) is 21.8 Å². The zero-order chi connectivity index (χ0) is 21.8. The van der Waals surface area contributed by atoms with E-state index < -0.39 is 23.9 Å². The summed E-state index contributed by atoms with van der Waals surface area (Å²) in [5, 5.41) is 13.7. The van der Waals surface area contributed by atoms with Crippen molar-refractivity contribution >= 4 is 40.8 Å². The molecular weight excluding hydrogens is 412 g/mol. The van der Waals surface area contributed by atoms with E-state index in [1.54, 1.807) is 19.1 Å². The number of hydrogen-bond donors (Lipinski definition) is 2.